The second-order valence-electron chi connectivity index (χ2n) is 3.95. The lowest BCUT2D eigenvalue weighted by molar-refractivity contribution is 0.413. The fraction of sp³-hybridized carbons (Fsp3) is 0.0714. The van der Waals surface area contributed by atoms with Crippen LogP contribution in [0.5, 0.6) is 5.75 Å². The topological polar surface area (TPSA) is 37.9 Å². The number of benzene rings is 1. The molecule has 0 radical (unpaired) electrons. The Morgan fingerprint density at radius 2 is 2.11 bits per heavy atom. The number of aromatic amines is 1. The van der Waals surface area contributed by atoms with Crippen LogP contribution in [0.2, 0.25) is 0 Å². The lowest BCUT2D eigenvalue weighted by Crippen LogP contribution is -1.92. The Morgan fingerprint density at radius 3 is 2.94 bits per heavy atom. The van der Waals surface area contributed by atoms with Gasteiger partial charge in [-0.2, -0.15) is 0 Å². The number of nitrogens with zero attached hydrogens (tertiary/aromatic N) is 1. The van der Waals surface area contributed by atoms with Gasteiger partial charge in [-0.25, -0.2) is 4.39 Å². The predicted octanol–water partition coefficient (Wildman–Crippen LogP) is 3.38. The van der Waals surface area contributed by atoms with Crippen LogP contribution in [0.3, 0.4) is 0 Å². The molecule has 0 aliphatic carbocycles. The number of aromatic nitrogens is 2. The van der Waals surface area contributed by atoms with Gasteiger partial charge in [0.05, 0.1) is 18.3 Å². The number of fused-ring (bicyclic) bond motifs is 1. The zero-order valence-corrected chi connectivity index (χ0v) is 9.77. The van der Waals surface area contributed by atoms with Gasteiger partial charge in [-0.1, -0.05) is 0 Å². The summed E-state index contributed by atoms with van der Waals surface area (Å²) in [6, 6.07) is 8.33. The van der Waals surface area contributed by atoms with Crippen molar-refractivity contribution in [3.05, 3.63) is 48.5 Å². The highest BCUT2D eigenvalue weighted by Gasteiger charge is 2.12. The Bertz CT molecular complexity index is 706. The Hall–Kier alpha value is -2.36. The number of pyridine rings is 1. The largest absolute Gasteiger partial charge is 0.496 e. The van der Waals surface area contributed by atoms with Crippen molar-refractivity contribution in [1.82, 2.24) is 9.97 Å². The Labute approximate surface area is 103 Å². The van der Waals surface area contributed by atoms with Crippen LogP contribution in [0.15, 0.2) is 42.7 Å². The molecule has 0 saturated carbocycles. The summed E-state index contributed by atoms with van der Waals surface area (Å²) in [6.45, 7) is 0. The first-order valence-electron chi connectivity index (χ1n) is 5.55. The zero-order valence-electron chi connectivity index (χ0n) is 9.77. The molecule has 0 bridgehead atoms. The van der Waals surface area contributed by atoms with Gasteiger partial charge < -0.3 is 9.72 Å². The maximum atomic E-state index is 13.2. The van der Waals surface area contributed by atoms with Gasteiger partial charge in [0, 0.05) is 29.4 Å². The zero-order chi connectivity index (χ0) is 12.5. The van der Waals surface area contributed by atoms with Gasteiger partial charge in [-0.05, 0) is 24.3 Å². The molecule has 0 spiro atoms. The first kappa shape index (κ1) is 10.8. The van der Waals surface area contributed by atoms with Crippen LogP contribution in [0.1, 0.15) is 0 Å². The number of H-pyrrole nitrogens is 1. The van der Waals surface area contributed by atoms with Gasteiger partial charge in [0.1, 0.15) is 11.6 Å². The smallest absolute Gasteiger partial charge is 0.131 e. The van der Waals surface area contributed by atoms with Crippen molar-refractivity contribution in [1.29, 1.82) is 0 Å². The van der Waals surface area contributed by atoms with Gasteiger partial charge in [-0.15, -0.1) is 0 Å². The molecule has 1 aromatic carbocycles. The standard InChI is InChI=1S/C14H11FN2O/c1-18-12-8-10(15)2-3-11(12)14-13-9(4-6-16-13)5-7-17-14/h2-8,16H,1H3. The Kier molecular flexibility index (Phi) is 2.48. The van der Waals surface area contributed by atoms with Crippen LogP contribution in [-0.4, -0.2) is 17.1 Å². The van der Waals surface area contributed by atoms with E-state index in [0.29, 0.717) is 5.75 Å². The van der Waals surface area contributed by atoms with E-state index in [-0.39, 0.29) is 5.82 Å². The molecule has 0 saturated heterocycles. The summed E-state index contributed by atoms with van der Waals surface area (Å²) in [4.78, 5) is 7.49. The van der Waals surface area contributed by atoms with Crippen LogP contribution < -0.4 is 4.74 Å². The lowest BCUT2D eigenvalue weighted by Gasteiger charge is -2.08. The van der Waals surface area contributed by atoms with E-state index in [1.807, 2.05) is 18.3 Å². The van der Waals surface area contributed by atoms with Gasteiger partial charge in [-0.3, -0.25) is 4.98 Å². The van der Waals surface area contributed by atoms with E-state index >= 15 is 0 Å². The van der Waals surface area contributed by atoms with E-state index in [4.69, 9.17) is 4.74 Å². The summed E-state index contributed by atoms with van der Waals surface area (Å²) in [6.07, 6.45) is 3.58. The van der Waals surface area contributed by atoms with Gasteiger partial charge in [0.2, 0.25) is 0 Å². The van der Waals surface area contributed by atoms with Crippen molar-refractivity contribution in [3.63, 3.8) is 0 Å². The van der Waals surface area contributed by atoms with E-state index in [0.717, 1.165) is 22.2 Å². The third-order valence-corrected chi connectivity index (χ3v) is 2.89. The average molecular weight is 242 g/mol. The molecule has 3 nitrogen and oxygen atoms in total. The van der Waals surface area contributed by atoms with E-state index in [1.54, 1.807) is 12.3 Å². The van der Waals surface area contributed by atoms with E-state index in [9.17, 15) is 4.39 Å². The number of nitrogens with one attached hydrogen (secondary N) is 1. The summed E-state index contributed by atoms with van der Waals surface area (Å²) in [5, 5.41) is 1.06. The summed E-state index contributed by atoms with van der Waals surface area (Å²) in [5.74, 6) is 0.152. The highest BCUT2D eigenvalue weighted by molar-refractivity contribution is 5.93. The van der Waals surface area contributed by atoms with Gasteiger partial charge in [0.25, 0.3) is 0 Å². The molecule has 2 aromatic heterocycles. The minimum atomic E-state index is -0.325. The normalized spacial score (nSPS) is 10.8. The Morgan fingerprint density at radius 1 is 1.22 bits per heavy atom. The molecule has 0 aliphatic rings. The van der Waals surface area contributed by atoms with Gasteiger partial charge in [0.15, 0.2) is 0 Å². The molecule has 0 amide bonds. The summed E-state index contributed by atoms with van der Waals surface area (Å²) < 4.78 is 18.4. The van der Waals surface area contributed by atoms with E-state index < -0.39 is 0 Å². The van der Waals surface area contributed by atoms with E-state index in [2.05, 4.69) is 9.97 Å². The maximum Gasteiger partial charge on any atom is 0.131 e. The number of rotatable bonds is 2. The van der Waals surface area contributed by atoms with Crippen molar-refractivity contribution < 1.29 is 9.13 Å². The molecule has 1 N–H and O–H groups in total. The molecular formula is C14H11FN2O. The number of methoxy groups -OCH3 is 1. The monoisotopic (exact) mass is 242 g/mol. The highest BCUT2D eigenvalue weighted by Crippen LogP contribution is 2.32. The molecule has 0 unspecified atom stereocenters. The molecule has 0 aliphatic heterocycles. The minimum Gasteiger partial charge on any atom is -0.496 e. The SMILES string of the molecule is COc1cc(F)ccc1-c1nccc2cc[nH]c12. The van der Waals surface area contributed by atoms with Crippen LogP contribution in [0.25, 0.3) is 22.2 Å². The first-order chi connectivity index (χ1) is 8.79. The van der Waals surface area contributed by atoms with Crippen molar-refractivity contribution in [2.24, 2.45) is 0 Å². The van der Waals surface area contributed by atoms with Crippen molar-refractivity contribution in [2.75, 3.05) is 7.11 Å². The molecule has 0 fully saturated rings. The Balaban J connectivity index is 2.29. The number of hydrogen-bond acceptors (Lipinski definition) is 2. The second-order valence-corrected chi connectivity index (χ2v) is 3.95. The molecule has 0 atom stereocenters. The van der Waals surface area contributed by atoms with Gasteiger partial charge >= 0.3 is 0 Å². The van der Waals surface area contributed by atoms with Crippen LogP contribution in [0.4, 0.5) is 4.39 Å². The molecular weight excluding hydrogens is 231 g/mol. The molecule has 90 valence electrons. The summed E-state index contributed by atoms with van der Waals surface area (Å²) in [5.41, 5.74) is 2.45. The quantitative estimate of drug-likeness (QED) is 0.748. The summed E-state index contributed by atoms with van der Waals surface area (Å²) >= 11 is 0. The fourth-order valence-corrected chi connectivity index (χ4v) is 2.05. The molecule has 2 heterocycles. The third-order valence-electron chi connectivity index (χ3n) is 2.89. The maximum absolute atomic E-state index is 13.2. The number of halogens is 1. The first-order valence-corrected chi connectivity index (χ1v) is 5.55. The molecule has 4 heteroatoms. The molecule has 18 heavy (non-hydrogen) atoms. The second kappa shape index (κ2) is 4.14. The van der Waals surface area contributed by atoms with E-state index in [1.165, 1.54) is 19.2 Å². The fourth-order valence-electron chi connectivity index (χ4n) is 2.05. The van der Waals surface area contributed by atoms with Crippen molar-refractivity contribution in [3.8, 4) is 17.0 Å². The molecule has 3 rings (SSSR count). The lowest BCUT2D eigenvalue weighted by atomic mass is 10.1. The van der Waals surface area contributed by atoms with Crippen molar-refractivity contribution >= 4 is 10.9 Å². The van der Waals surface area contributed by atoms with Crippen LogP contribution in [0, 0.1) is 5.82 Å². The number of hydrogen-bond donors (Lipinski definition) is 1. The summed E-state index contributed by atoms with van der Waals surface area (Å²) in [7, 11) is 1.52. The third kappa shape index (κ3) is 1.62. The molecule has 3 aromatic rings. The van der Waals surface area contributed by atoms with Crippen LogP contribution >= 0.6 is 0 Å². The average Bonchev–Trinajstić information content (AvgIpc) is 2.86. The highest BCUT2D eigenvalue weighted by atomic mass is 19.1. The minimum absolute atomic E-state index is 0.325. The van der Waals surface area contributed by atoms with Crippen molar-refractivity contribution in [2.45, 2.75) is 0 Å². The number of ether oxygens (including phenoxy) is 1. The van der Waals surface area contributed by atoms with Crippen LogP contribution in [-0.2, 0) is 0 Å². The predicted molar refractivity (Wildman–Crippen MR) is 68.0 cm³/mol.